The molecule has 1 aromatic carbocycles. The second-order valence-electron chi connectivity index (χ2n) is 5.28. The van der Waals surface area contributed by atoms with Crippen LogP contribution in [0.5, 0.6) is 0 Å². The fourth-order valence-electron chi connectivity index (χ4n) is 2.44. The number of unbranched alkanes of at least 4 members (excludes halogenated alkanes) is 1. The smallest absolute Gasteiger partial charge is 0.173 e. The van der Waals surface area contributed by atoms with Crippen LogP contribution in [-0.4, -0.2) is 23.1 Å². The molecule has 0 atom stereocenters. The number of likely N-dealkylation sites (tertiary alicyclic amines) is 1. The molecule has 1 N–H and O–H groups in total. The van der Waals surface area contributed by atoms with Crippen molar-refractivity contribution in [1.82, 2.24) is 4.90 Å². The predicted octanol–water partition coefficient (Wildman–Crippen LogP) is 4.21. The van der Waals surface area contributed by atoms with E-state index in [1.807, 2.05) is 0 Å². The third kappa shape index (κ3) is 4.50. The molecule has 1 aliphatic rings. The normalized spacial score (nSPS) is 15.3. The number of nitrogens with zero attached hydrogens (tertiary/aromatic N) is 1. The van der Waals surface area contributed by atoms with Crippen LogP contribution >= 0.6 is 12.2 Å². The number of hydrogen-bond acceptors (Lipinski definition) is 1. The van der Waals surface area contributed by atoms with Crippen molar-refractivity contribution in [2.24, 2.45) is 0 Å². The first-order valence-electron chi connectivity index (χ1n) is 7.44. The molecule has 0 radical (unpaired) electrons. The Morgan fingerprint density at radius 3 is 2.47 bits per heavy atom. The summed E-state index contributed by atoms with van der Waals surface area (Å²) in [5, 5.41) is 4.23. The topological polar surface area (TPSA) is 15.3 Å². The maximum atomic E-state index is 5.47. The lowest BCUT2D eigenvalue weighted by Crippen LogP contribution is -2.38. The minimum absolute atomic E-state index is 0.876. The SMILES string of the molecule is CCCCc1ccc(NC(=S)N2CCCCC2)cc1. The minimum atomic E-state index is 0.876. The summed E-state index contributed by atoms with van der Waals surface area (Å²) >= 11 is 5.47. The van der Waals surface area contributed by atoms with E-state index >= 15 is 0 Å². The highest BCUT2D eigenvalue weighted by Crippen LogP contribution is 2.14. The molecule has 0 aromatic heterocycles. The summed E-state index contributed by atoms with van der Waals surface area (Å²) < 4.78 is 0. The average Bonchev–Trinajstić information content (AvgIpc) is 2.47. The highest BCUT2D eigenvalue weighted by atomic mass is 32.1. The molecule has 1 aliphatic heterocycles. The first-order chi connectivity index (χ1) is 9.29. The Kier molecular flexibility index (Phi) is 5.64. The van der Waals surface area contributed by atoms with E-state index < -0.39 is 0 Å². The Morgan fingerprint density at radius 2 is 1.84 bits per heavy atom. The van der Waals surface area contributed by atoms with Crippen LogP contribution in [0.25, 0.3) is 0 Å². The van der Waals surface area contributed by atoms with Gasteiger partial charge in [-0.1, -0.05) is 25.5 Å². The standard InChI is InChI=1S/C16H24N2S/c1-2-3-7-14-8-10-15(11-9-14)17-16(19)18-12-5-4-6-13-18/h8-11H,2-7,12-13H2,1H3,(H,17,19). The van der Waals surface area contributed by atoms with Gasteiger partial charge in [-0.15, -0.1) is 0 Å². The van der Waals surface area contributed by atoms with Crippen molar-refractivity contribution < 1.29 is 0 Å². The van der Waals surface area contributed by atoms with Crippen LogP contribution in [0.4, 0.5) is 5.69 Å². The zero-order chi connectivity index (χ0) is 13.5. The van der Waals surface area contributed by atoms with E-state index in [9.17, 15) is 0 Å². The average molecular weight is 276 g/mol. The van der Waals surface area contributed by atoms with Crippen LogP contribution in [0.2, 0.25) is 0 Å². The Hall–Kier alpha value is -1.09. The Balaban J connectivity index is 1.86. The van der Waals surface area contributed by atoms with Crippen LogP contribution in [0.3, 0.4) is 0 Å². The number of piperidine rings is 1. The van der Waals surface area contributed by atoms with Gasteiger partial charge in [-0.05, 0) is 62.0 Å². The first kappa shape index (κ1) is 14.3. The van der Waals surface area contributed by atoms with Gasteiger partial charge in [0.05, 0.1) is 0 Å². The lowest BCUT2D eigenvalue weighted by molar-refractivity contribution is 0.346. The van der Waals surface area contributed by atoms with Gasteiger partial charge in [-0.3, -0.25) is 0 Å². The molecule has 1 saturated heterocycles. The van der Waals surface area contributed by atoms with Crippen LogP contribution in [0.15, 0.2) is 24.3 Å². The maximum Gasteiger partial charge on any atom is 0.173 e. The van der Waals surface area contributed by atoms with Gasteiger partial charge in [-0.2, -0.15) is 0 Å². The van der Waals surface area contributed by atoms with Crippen molar-refractivity contribution in [2.75, 3.05) is 18.4 Å². The van der Waals surface area contributed by atoms with Crippen molar-refractivity contribution >= 4 is 23.0 Å². The molecule has 2 nitrogen and oxygen atoms in total. The van der Waals surface area contributed by atoms with Gasteiger partial charge < -0.3 is 10.2 Å². The molecule has 0 aliphatic carbocycles. The Bertz CT molecular complexity index is 394. The summed E-state index contributed by atoms with van der Waals surface area (Å²) in [4.78, 5) is 2.28. The number of hydrogen-bond donors (Lipinski definition) is 1. The van der Waals surface area contributed by atoms with Gasteiger partial charge in [0.1, 0.15) is 0 Å². The first-order valence-corrected chi connectivity index (χ1v) is 7.85. The van der Waals surface area contributed by atoms with Crippen molar-refractivity contribution in [3.63, 3.8) is 0 Å². The summed E-state index contributed by atoms with van der Waals surface area (Å²) in [7, 11) is 0. The van der Waals surface area contributed by atoms with E-state index in [4.69, 9.17) is 12.2 Å². The quantitative estimate of drug-likeness (QED) is 0.829. The largest absolute Gasteiger partial charge is 0.349 e. The van der Waals surface area contributed by atoms with Gasteiger partial charge in [0.15, 0.2) is 5.11 Å². The number of rotatable bonds is 4. The van der Waals surface area contributed by atoms with Crippen LogP contribution < -0.4 is 5.32 Å². The summed E-state index contributed by atoms with van der Waals surface area (Å²) in [5.41, 5.74) is 2.52. The van der Waals surface area contributed by atoms with E-state index in [2.05, 4.69) is 41.4 Å². The molecule has 1 heterocycles. The van der Waals surface area contributed by atoms with E-state index in [0.717, 1.165) is 23.9 Å². The minimum Gasteiger partial charge on any atom is -0.349 e. The molecule has 0 spiro atoms. The van der Waals surface area contributed by atoms with Crippen LogP contribution in [-0.2, 0) is 6.42 Å². The predicted molar refractivity (Wildman–Crippen MR) is 86.7 cm³/mol. The molecular formula is C16H24N2S. The van der Waals surface area contributed by atoms with Crippen molar-refractivity contribution in [1.29, 1.82) is 0 Å². The monoisotopic (exact) mass is 276 g/mol. The van der Waals surface area contributed by atoms with Gasteiger partial charge in [0.2, 0.25) is 0 Å². The third-order valence-corrected chi connectivity index (χ3v) is 4.03. The number of nitrogens with one attached hydrogen (secondary N) is 1. The van der Waals surface area contributed by atoms with E-state index in [1.165, 1.54) is 44.1 Å². The summed E-state index contributed by atoms with van der Waals surface area (Å²) in [6.07, 6.45) is 7.55. The van der Waals surface area contributed by atoms with Gasteiger partial charge in [0, 0.05) is 18.8 Å². The molecule has 19 heavy (non-hydrogen) atoms. The summed E-state index contributed by atoms with van der Waals surface area (Å²) in [6.45, 7) is 4.42. The molecular weight excluding hydrogens is 252 g/mol. The van der Waals surface area contributed by atoms with Gasteiger partial charge >= 0.3 is 0 Å². The van der Waals surface area contributed by atoms with Crippen molar-refractivity contribution in [3.05, 3.63) is 29.8 Å². The molecule has 0 bridgehead atoms. The van der Waals surface area contributed by atoms with Gasteiger partial charge in [0.25, 0.3) is 0 Å². The second kappa shape index (κ2) is 7.49. The fourth-order valence-corrected chi connectivity index (χ4v) is 2.74. The number of thiocarbonyl (C=S) groups is 1. The van der Waals surface area contributed by atoms with Gasteiger partial charge in [-0.25, -0.2) is 0 Å². The lowest BCUT2D eigenvalue weighted by atomic mass is 10.1. The molecule has 1 fully saturated rings. The second-order valence-corrected chi connectivity index (χ2v) is 5.67. The molecule has 0 unspecified atom stereocenters. The molecule has 3 heteroatoms. The van der Waals surface area contributed by atoms with Crippen LogP contribution in [0.1, 0.15) is 44.6 Å². The highest BCUT2D eigenvalue weighted by Gasteiger charge is 2.12. The molecule has 0 amide bonds. The number of benzene rings is 1. The van der Waals surface area contributed by atoms with E-state index in [-0.39, 0.29) is 0 Å². The Labute approximate surface area is 122 Å². The molecule has 0 saturated carbocycles. The summed E-state index contributed by atoms with van der Waals surface area (Å²) in [5.74, 6) is 0. The highest BCUT2D eigenvalue weighted by molar-refractivity contribution is 7.80. The van der Waals surface area contributed by atoms with E-state index in [0.29, 0.717) is 0 Å². The van der Waals surface area contributed by atoms with Crippen LogP contribution in [0, 0.1) is 0 Å². The summed E-state index contributed by atoms with van der Waals surface area (Å²) in [6, 6.07) is 8.69. The van der Waals surface area contributed by atoms with Crippen molar-refractivity contribution in [3.8, 4) is 0 Å². The van der Waals surface area contributed by atoms with E-state index in [1.54, 1.807) is 0 Å². The zero-order valence-corrected chi connectivity index (χ0v) is 12.6. The zero-order valence-electron chi connectivity index (χ0n) is 11.8. The fraction of sp³-hybridized carbons (Fsp3) is 0.562. The molecule has 2 rings (SSSR count). The molecule has 104 valence electrons. The Morgan fingerprint density at radius 1 is 1.16 bits per heavy atom. The lowest BCUT2D eigenvalue weighted by Gasteiger charge is -2.29. The van der Waals surface area contributed by atoms with Crippen molar-refractivity contribution in [2.45, 2.75) is 45.4 Å². The maximum absolute atomic E-state index is 5.47. The molecule has 1 aromatic rings. The number of anilines is 1. The number of aryl methyl sites for hydroxylation is 1. The third-order valence-electron chi connectivity index (χ3n) is 3.67.